The summed E-state index contributed by atoms with van der Waals surface area (Å²) < 4.78 is 23.0. The predicted molar refractivity (Wildman–Crippen MR) is 178 cm³/mol. The second kappa shape index (κ2) is 13.4. The molecule has 0 atom stereocenters. The first-order valence-corrected chi connectivity index (χ1v) is 14.7. The molecule has 0 aliphatic rings. The maximum atomic E-state index is 14.9. The number of para-hydroxylation sites is 1. The Morgan fingerprint density at radius 2 is 1.45 bits per heavy atom. The molecule has 0 saturated heterocycles. The number of fused-ring (bicyclic) bond motifs is 1. The van der Waals surface area contributed by atoms with Crippen LogP contribution in [-0.2, 0) is 19.6 Å². The van der Waals surface area contributed by atoms with E-state index in [-0.39, 0.29) is 19.0 Å². The van der Waals surface area contributed by atoms with E-state index in [0.717, 1.165) is 27.3 Å². The molecule has 44 heavy (non-hydrogen) atoms. The van der Waals surface area contributed by atoms with Gasteiger partial charge in [0, 0.05) is 23.5 Å². The molecule has 0 fully saturated rings. The molecular weight excluding hydrogens is 597 g/mol. The number of nitrogens with zero attached hydrogens (tertiary/aromatic N) is 3. The van der Waals surface area contributed by atoms with Gasteiger partial charge in [0.15, 0.2) is 0 Å². The van der Waals surface area contributed by atoms with E-state index in [1.165, 1.54) is 26.5 Å². The molecule has 9 heteroatoms. The lowest BCUT2D eigenvalue weighted by Gasteiger charge is -2.18. The largest absolute Gasteiger partial charge is 0.497 e. The van der Waals surface area contributed by atoms with Gasteiger partial charge in [-0.2, -0.15) is 0 Å². The summed E-state index contributed by atoms with van der Waals surface area (Å²) in [5.74, 6) is 0.310. The number of thiophene rings is 1. The number of ether oxygens (including phenoxy) is 1. The lowest BCUT2D eigenvalue weighted by molar-refractivity contribution is 0.321. The summed E-state index contributed by atoms with van der Waals surface area (Å²) in [4.78, 5) is 32.0. The quantitative estimate of drug-likeness (QED) is 0.171. The molecule has 0 amide bonds. The topological polar surface area (TPSA) is 56.5 Å². The number of rotatable bonds is 9. The molecule has 224 valence electrons. The molecule has 0 unspecified atom stereocenters. The molecular formula is C35H31ClFN3O3S. The Labute approximate surface area is 264 Å². The highest BCUT2D eigenvalue weighted by Crippen LogP contribution is 2.38. The van der Waals surface area contributed by atoms with Crippen LogP contribution < -0.4 is 16.0 Å². The van der Waals surface area contributed by atoms with E-state index < -0.39 is 17.1 Å². The van der Waals surface area contributed by atoms with Crippen LogP contribution in [0.2, 0.25) is 0 Å². The van der Waals surface area contributed by atoms with Crippen molar-refractivity contribution in [3.63, 3.8) is 0 Å². The molecule has 0 N–H and O–H groups in total. The van der Waals surface area contributed by atoms with E-state index in [2.05, 4.69) is 17.0 Å². The van der Waals surface area contributed by atoms with Crippen LogP contribution in [-0.4, -0.2) is 28.2 Å². The zero-order valence-electron chi connectivity index (χ0n) is 24.3. The molecule has 6 rings (SSSR count). The van der Waals surface area contributed by atoms with Crippen molar-refractivity contribution < 1.29 is 9.13 Å². The molecule has 0 aliphatic carbocycles. The van der Waals surface area contributed by atoms with Gasteiger partial charge in [-0.15, -0.1) is 23.7 Å². The Kier molecular flexibility index (Phi) is 9.44. The minimum atomic E-state index is -0.515. The fourth-order valence-corrected chi connectivity index (χ4v) is 6.66. The van der Waals surface area contributed by atoms with Gasteiger partial charge in [-0.25, -0.2) is 13.8 Å². The van der Waals surface area contributed by atoms with Crippen LogP contribution in [0, 0.1) is 5.82 Å². The Bertz CT molecular complexity index is 2010. The van der Waals surface area contributed by atoms with Crippen molar-refractivity contribution in [1.29, 1.82) is 0 Å². The first-order chi connectivity index (χ1) is 20.9. The molecule has 4 aromatic carbocycles. The summed E-state index contributed by atoms with van der Waals surface area (Å²) in [7, 11) is 3.63. The zero-order chi connectivity index (χ0) is 29.9. The second-order valence-electron chi connectivity index (χ2n) is 10.4. The molecule has 6 nitrogen and oxygen atoms in total. The number of aromatic nitrogens is 2. The third kappa shape index (κ3) is 6.10. The molecule has 0 aliphatic heterocycles. The summed E-state index contributed by atoms with van der Waals surface area (Å²) in [6.45, 7) is 1.11. The molecule has 2 heterocycles. The third-order valence-electron chi connectivity index (χ3n) is 7.45. The first-order valence-electron chi connectivity index (χ1n) is 13.9. The maximum Gasteiger partial charge on any atom is 0.337 e. The van der Waals surface area contributed by atoms with Gasteiger partial charge >= 0.3 is 5.69 Å². The summed E-state index contributed by atoms with van der Waals surface area (Å²) in [6, 6.07) is 33.1. The Balaban J connectivity index is 0.00000384. The minimum Gasteiger partial charge on any atom is -0.497 e. The van der Waals surface area contributed by atoms with Crippen LogP contribution in [0.3, 0.4) is 0 Å². The van der Waals surface area contributed by atoms with E-state index in [9.17, 15) is 14.0 Å². The standard InChI is InChI=1S/C35H30FN3O3S.ClH/c1-37(21-24-11-5-3-6-12-24)23-29-31-33(40)39(27-14-7-4-8-15-27)35(41)38(22-26-13-9-10-16-30(26)36)34(31)43-32(29)25-17-19-28(42-2)20-18-25;/h3-20H,21-23H2,1-2H3;1H. The Hall–Kier alpha value is -4.50. The van der Waals surface area contributed by atoms with Crippen LogP contribution in [0.1, 0.15) is 16.7 Å². The normalized spacial score (nSPS) is 11.1. The van der Waals surface area contributed by atoms with Gasteiger partial charge in [0.05, 0.1) is 24.7 Å². The van der Waals surface area contributed by atoms with Crippen molar-refractivity contribution in [3.05, 3.63) is 153 Å². The lowest BCUT2D eigenvalue weighted by atomic mass is 10.1. The van der Waals surface area contributed by atoms with E-state index in [1.807, 2.05) is 55.6 Å². The van der Waals surface area contributed by atoms with Gasteiger partial charge in [-0.05, 0) is 66.2 Å². The zero-order valence-corrected chi connectivity index (χ0v) is 25.9. The average molecular weight is 628 g/mol. The highest BCUT2D eigenvalue weighted by molar-refractivity contribution is 7.22. The van der Waals surface area contributed by atoms with E-state index >= 15 is 0 Å². The number of hydrogen-bond acceptors (Lipinski definition) is 5. The van der Waals surface area contributed by atoms with Crippen molar-refractivity contribution in [3.8, 4) is 21.9 Å². The van der Waals surface area contributed by atoms with Gasteiger partial charge in [0.1, 0.15) is 16.4 Å². The molecule has 0 saturated carbocycles. The maximum absolute atomic E-state index is 14.9. The van der Waals surface area contributed by atoms with Crippen molar-refractivity contribution in [2.75, 3.05) is 14.2 Å². The van der Waals surface area contributed by atoms with E-state index in [1.54, 1.807) is 49.6 Å². The fourth-order valence-electron chi connectivity index (χ4n) is 5.36. The van der Waals surface area contributed by atoms with Gasteiger partial charge in [0.25, 0.3) is 5.56 Å². The van der Waals surface area contributed by atoms with Gasteiger partial charge in [0.2, 0.25) is 0 Å². The number of methoxy groups -OCH3 is 1. The van der Waals surface area contributed by atoms with Crippen LogP contribution >= 0.6 is 23.7 Å². The summed E-state index contributed by atoms with van der Waals surface area (Å²) >= 11 is 1.38. The molecule has 0 bridgehead atoms. The number of halogens is 2. The Morgan fingerprint density at radius 3 is 2.11 bits per heavy atom. The molecule has 0 radical (unpaired) electrons. The van der Waals surface area contributed by atoms with Crippen LogP contribution in [0.4, 0.5) is 4.39 Å². The SMILES string of the molecule is COc1ccc(-c2sc3c(c2CN(C)Cc2ccccc2)c(=O)n(-c2ccccc2)c(=O)n3Cc2ccccc2F)cc1.Cl. The number of benzene rings is 4. The van der Waals surface area contributed by atoms with Gasteiger partial charge in [-0.1, -0.05) is 66.7 Å². The van der Waals surface area contributed by atoms with Crippen molar-refractivity contribution in [2.45, 2.75) is 19.6 Å². The van der Waals surface area contributed by atoms with Crippen molar-refractivity contribution in [1.82, 2.24) is 14.0 Å². The van der Waals surface area contributed by atoms with Crippen molar-refractivity contribution >= 4 is 34.0 Å². The summed E-state index contributed by atoms with van der Waals surface area (Å²) in [5, 5.41) is 0.454. The minimum absolute atomic E-state index is 0. The summed E-state index contributed by atoms with van der Waals surface area (Å²) in [6.07, 6.45) is 0. The Morgan fingerprint density at radius 1 is 0.818 bits per heavy atom. The van der Waals surface area contributed by atoms with Crippen LogP contribution in [0.5, 0.6) is 5.75 Å². The van der Waals surface area contributed by atoms with E-state index in [4.69, 9.17) is 4.74 Å². The highest BCUT2D eigenvalue weighted by atomic mass is 35.5. The second-order valence-corrected chi connectivity index (χ2v) is 11.4. The monoisotopic (exact) mass is 627 g/mol. The van der Waals surface area contributed by atoms with Crippen LogP contribution in [0.25, 0.3) is 26.3 Å². The number of hydrogen-bond donors (Lipinski definition) is 0. The highest BCUT2D eigenvalue weighted by Gasteiger charge is 2.25. The fraction of sp³-hybridized carbons (Fsp3) is 0.143. The molecule has 6 aromatic rings. The van der Waals surface area contributed by atoms with Crippen molar-refractivity contribution in [2.24, 2.45) is 0 Å². The van der Waals surface area contributed by atoms with Gasteiger partial charge in [-0.3, -0.25) is 14.3 Å². The third-order valence-corrected chi connectivity index (χ3v) is 8.75. The molecule has 2 aromatic heterocycles. The first kappa shape index (κ1) is 30.9. The smallest absolute Gasteiger partial charge is 0.337 e. The predicted octanol–water partition coefficient (Wildman–Crippen LogP) is 7.13. The van der Waals surface area contributed by atoms with Crippen LogP contribution in [0.15, 0.2) is 119 Å². The van der Waals surface area contributed by atoms with E-state index in [0.29, 0.717) is 34.6 Å². The van der Waals surface area contributed by atoms with Gasteiger partial charge < -0.3 is 4.74 Å². The lowest BCUT2D eigenvalue weighted by Crippen LogP contribution is -2.39. The molecule has 0 spiro atoms. The summed E-state index contributed by atoms with van der Waals surface area (Å²) in [5.41, 5.74) is 2.79. The average Bonchev–Trinajstić information content (AvgIpc) is 3.40.